The van der Waals surface area contributed by atoms with E-state index >= 15 is 0 Å². The van der Waals surface area contributed by atoms with Crippen molar-refractivity contribution in [3.63, 3.8) is 0 Å². The lowest BCUT2D eigenvalue weighted by molar-refractivity contribution is -0.133. The number of hydrogen-bond donors (Lipinski definition) is 3. The van der Waals surface area contributed by atoms with Crippen LogP contribution in [0, 0.1) is 11.8 Å². The van der Waals surface area contributed by atoms with E-state index in [0.29, 0.717) is 45.2 Å². The van der Waals surface area contributed by atoms with Crippen molar-refractivity contribution in [1.82, 2.24) is 25.8 Å². The second-order valence-corrected chi connectivity index (χ2v) is 13.6. The predicted octanol–water partition coefficient (Wildman–Crippen LogP) is 2.79. The fraction of sp³-hybridized carbons (Fsp3) is 0.882. The van der Waals surface area contributed by atoms with Gasteiger partial charge in [0.25, 0.3) is 5.91 Å². The van der Waals surface area contributed by atoms with Gasteiger partial charge in [-0.05, 0) is 91.1 Å². The summed E-state index contributed by atoms with van der Waals surface area (Å²) in [4.78, 5) is 57.2. The second kappa shape index (κ2) is 22.5. The summed E-state index contributed by atoms with van der Waals surface area (Å²) in [5, 5.41) is 17.4. The number of Topliss-reactive ketones (excluding diaryl/α,β-unsaturated/α-hetero) is 1. The second-order valence-electron chi connectivity index (χ2n) is 13.0. The van der Waals surface area contributed by atoms with Crippen LogP contribution in [0.15, 0.2) is 10.2 Å². The number of nitrogens with zero attached hydrogens (tertiary/aromatic N) is 4. The number of ether oxygens (including phenoxy) is 2. The van der Waals surface area contributed by atoms with Crippen molar-refractivity contribution < 1.29 is 28.7 Å². The molecule has 0 bridgehead atoms. The molecule has 0 saturated heterocycles. The maximum absolute atomic E-state index is 13.3. The molecule has 0 radical (unpaired) electrons. The van der Waals surface area contributed by atoms with E-state index in [1.807, 2.05) is 0 Å². The minimum atomic E-state index is -1.36. The third-order valence-corrected chi connectivity index (χ3v) is 10.3. The third kappa shape index (κ3) is 13.6. The summed E-state index contributed by atoms with van der Waals surface area (Å²) < 4.78 is 11.1. The van der Waals surface area contributed by atoms with Crippen LogP contribution in [0.4, 0.5) is 0 Å². The van der Waals surface area contributed by atoms with Gasteiger partial charge in [0, 0.05) is 39.1 Å². The van der Waals surface area contributed by atoms with Crippen molar-refractivity contribution in [2.45, 2.75) is 115 Å². The number of hydrogen-bond acceptors (Lipinski definition) is 10. The Balaban J connectivity index is 2.13. The Hall–Kier alpha value is -2.19. The summed E-state index contributed by atoms with van der Waals surface area (Å²) in [6, 6.07) is -2.28. The van der Waals surface area contributed by atoms with Crippen LogP contribution in [-0.4, -0.2) is 136 Å². The summed E-state index contributed by atoms with van der Waals surface area (Å²) >= 11 is 6.43. The van der Waals surface area contributed by atoms with Crippen LogP contribution in [-0.2, 0) is 28.7 Å². The zero-order chi connectivity index (χ0) is 35.6. The lowest BCUT2D eigenvalue weighted by Gasteiger charge is -2.38. The van der Waals surface area contributed by atoms with Crippen molar-refractivity contribution in [2.75, 3.05) is 66.6 Å². The van der Waals surface area contributed by atoms with E-state index in [9.17, 15) is 19.2 Å². The van der Waals surface area contributed by atoms with Gasteiger partial charge in [-0.2, -0.15) is 10.2 Å². The number of halogens is 1. The number of methoxy groups -OCH3 is 2. The normalized spacial score (nSPS) is 26.8. The molecule has 3 amide bonds. The third-order valence-electron chi connectivity index (χ3n) is 9.82. The Morgan fingerprint density at radius 1 is 0.771 bits per heavy atom. The Kier molecular flexibility index (Phi) is 19.7. The first-order valence-electron chi connectivity index (χ1n) is 17.9. The molecule has 0 aromatic carbocycles. The van der Waals surface area contributed by atoms with Crippen LogP contribution in [0.25, 0.3) is 0 Å². The number of azo groups is 1. The Morgan fingerprint density at radius 3 is 1.71 bits per heavy atom. The number of carbonyl (C=O) groups is 4. The van der Waals surface area contributed by atoms with Crippen LogP contribution in [0.1, 0.15) is 79.6 Å². The number of ketones is 1. The van der Waals surface area contributed by atoms with Crippen molar-refractivity contribution >= 4 is 35.1 Å². The average Bonchev–Trinajstić information content (AvgIpc) is 3.08. The molecule has 7 atom stereocenters. The highest BCUT2D eigenvalue weighted by Crippen LogP contribution is 2.32. The maximum atomic E-state index is 13.3. The summed E-state index contributed by atoms with van der Waals surface area (Å²) in [6.45, 7) is 16.5. The minimum Gasteiger partial charge on any atom is -0.380 e. The number of amides is 3. The zero-order valence-corrected chi connectivity index (χ0v) is 31.1. The smallest absolute Gasteiger partial charge is 0.254 e. The standard InChI is InChI=1S/C34H62ClN7O6/c1-8-41(9-2)16-12-14-36-32(44)24-18-25(33(45)37-15-13-17-42(10-3)11-4)20-26(19-24)39-40-31(23(5)43)34(46)38-28-22-29(47-6)27(35)21-30(28)48-7/h24-31H,8-22H2,1-7H3,(H,36,44)(H,37,45)(H,38,46). The monoisotopic (exact) mass is 699 g/mol. The number of nitrogens with one attached hydrogen (secondary N) is 3. The molecule has 2 aliphatic carbocycles. The summed E-state index contributed by atoms with van der Waals surface area (Å²) in [7, 11) is 3.13. The fourth-order valence-electron chi connectivity index (χ4n) is 6.69. The van der Waals surface area contributed by atoms with Gasteiger partial charge >= 0.3 is 0 Å². The van der Waals surface area contributed by atoms with E-state index in [-0.39, 0.29) is 29.4 Å². The lowest BCUT2D eigenvalue weighted by atomic mass is 9.78. The summed E-state index contributed by atoms with van der Waals surface area (Å²) in [6.07, 6.45) is 3.12. The van der Waals surface area contributed by atoms with Crippen LogP contribution >= 0.6 is 11.6 Å². The van der Waals surface area contributed by atoms with E-state index in [4.69, 9.17) is 21.1 Å². The van der Waals surface area contributed by atoms with Crippen molar-refractivity contribution in [3.8, 4) is 0 Å². The molecular formula is C34H62ClN7O6. The largest absolute Gasteiger partial charge is 0.380 e. The first kappa shape index (κ1) is 42.0. The van der Waals surface area contributed by atoms with Gasteiger partial charge in [0.2, 0.25) is 17.9 Å². The van der Waals surface area contributed by atoms with Gasteiger partial charge in [-0.3, -0.25) is 19.2 Å². The van der Waals surface area contributed by atoms with Crippen molar-refractivity contribution in [3.05, 3.63) is 0 Å². The Labute approximate surface area is 293 Å². The Morgan fingerprint density at radius 2 is 1.27 bits per heavy atom. The molecule has 2 fully saturated rings. The van der Waals surface area contributed by atoms with Crippen molar-refractivity contribution in [2.24, 2.45) is 22.1 Å². The van der Waals surface area contributed by atoms with Gasteiger partial charge in [0.15, 0.2) is 5.78 Å². The van der Waals surface area contributed by atoms with E-state index < -0.39 is 41.7 Å². The molecule has 0 aromatic rings. The van der Waals surface area contributed by atoms with Gasteiger partial charge < -0.3 is 35.2 Å². The molecule has 13 nitrogen and oxygen atoms in total. The quantitative estimate of drug-likeness (QED) is 0.0716. The molecule has 0 aromatic heterocycles. The molecule has 2 aliphatic rings. The van der Waals surface area contributed by atoms with Gasteiger partial charge in [-0.25, -0.2) is 0 Å². The molecule has 276 valence electrons. The minimum absolute atomic E-state index is 0.108. The maximum Gasteiger partial charge on any atom is 0.254 e. The first-order valence-corrected chi connectivity index (χ1v) is 18.4. The molecule has 7 unspecified atom stereocenters. The number of rotatable bonds is 21. The van der Waals surface area contributed by atoms with Gasteiger partial charge in [-0.15, -0.1) is 11.6 Å². The molecule has 3 N–H and O–H groups in total. The molecule has 48 heavy (non-hydrogen) atoms. The molecule has 14 heteroatoms. The van der Waals surface area contributed by atoms with Crippen molar-refractivity contribution in [1.29, 1.82) is 0 Å². The topological polar surface area (TPSA) is 154 Å². The molecular weight excluding hydrogens is 638 g/mol. The number of carbonyl (C=O) groups excluding carboxylic acids is 4. The number of alkyl halides is 1. The van der Waals surface area contributed by atoms with E-state index in [1.54, 1.807) is 14.2 Å². The van der Waals surface area contributed by atoms with E-state index in [2.05, 4.69) is 63.7 Å². The highest BCUT2D eigenvalue weighted by molar-refractivity contribution is 6.21. The highest BCUT2D eigenvalue weighted by Gasteiger charge is 2.40. The molecule has 0 heterocycles. The zero-order valence-electron chi connectivity index (χ0n) is 30.3. The fourth-order valence-corrected chi connectivity index (χ4v) is 7.07. The Bertz CT molecular complexity index is 988. The molecule has 2 rings (SSSR count). The van der Waals surface area contributed by atoms with Crippen LogP contribution in [0.3, 0.4) is 0 Å². The van der Waals surface area contributed by atoms with Crippen LogP contribution in [0.2, 0.25) is 0 Å². The first-order chi connectivity index (χ1) is 23.0. The highest BCUT2D eigenvalue weighted by atomic mass is 35.5. The SMILES string of the molecule is CCN(CC)CCCNC(=O)C1CC(N=NC(C(C)=O)C(=O)NC2CC(OC)C(Cl)CC2OC)CC(C(=O)NCCCN(CC)CC)C1. The van der Waals surface area contributed by atoms with Gasteiger partial charge in [-0.1, -0.05) is 27.7 Å². The molecule has 0 aliphatic heterocycles. The lowest BCUT2D eigenvalue weighted by Crippen LogP contribution is -2.55. The average molecular weight is 700 g/mol. The van der Waals surface area contributed by atoms with Crippen LogP contribution in [0.5, 0.6) is 0 Å². The van der Waals surface area contributed by atoms with Crippen LogP contribution < -0.4 is 16.0 Å². The summed E-state index contributed by atoms with van der Waals surface area (Å²) in [5.41, 5.74) is 0. The summed E-state index contributed by atoms with van der Waals surface area (Å²) in [5.74, 6) is -2.13. The van der Waals surface area contributed by atoms with E-state index in [1.165, 1.54) is 6.92 Å². The van der Waals surface area contributed by atoms with Gasteiger partial charge in [0.05, 0.1) is 29.7 Å². The van der Waals surface area contributed by atoms with Gasteiger partial charge in [0.1, 0.15) is 0 Å². The predicted molar refractivity (Wildman–Crippen MR) is 187 cm³/mol. The molecule has 2 saturated carbocycles. The van der Waals surface area contributed by atoms with E-state index in [0.717, 1.165) is 52.1 Å². The molecule has 0 spiro atoms.